The molecule has 11 nitrogen and oxygen atoms in total. The van der Waals surface area contributed by atoms with Crippen molar-refractivity contribution in [1.82, 2.24) is 9.88 Å². The highest BCUT2D eigenvalue weighted by Crippen LogP contribution is 2.53. The van der Waals surface area contributed by atoms with Crippen molar-refractivity contribution in [3.8, 4) is 16.9 Å². The molecule has 1 aromatic heterocycles. The van der Waals surface area contributed by atoms with Gasteiger partial charge in [0.2, 0.25) is 0 Å². The number of hydrogen-bond donors (Lipinski definition) is 6. The number of hydrogen-bond acceptors (Lipinski definition) is 11. The maximum Gasteiger partial charge on any atom is 0.254 e. The zero-order chi connectivity index (χ0) is 35.7. The molecule has 0 aliphatic heterocycles. The smallest absolute Gasteiger partial charge is 0.254 e. The van der Waals surface area contributed by atoms with Crippen LogP contribution in [0.2, 0.25) is 0 Å². The summed E-state index contributed by atoms with van der Waals surface area (Å²) in [4.78, 5) is 20.0. The highest BCUT2D eigenvalue weighted by Gasteiger charge is 2.48. The summed E-state index contributed by atoms with van der Waals surface area (Å²) in [6, 6.07) is 16.5. The molecule has 5 rings (SSSR count). The molecule has 2 fully saturated rings. The second-order valence-corrected chi connectivity index (χ2v) is 14.4. The number of para-hydroxylation sites is 1. The molecule has 0 spiro atoms. The number of carbonyl (C=O) groups is 1. The lowest BCUT2D eigenvalue weighted by molar-refractivity contribution is -0.158. The molecular formula is C38H50N2O9S. The van der Waals surface area contributed by atoms with Gasteiger partial charge in [-0.15, -0.1) is 11.8 Å². The largest absolute Gasteiger partial charge is 0.490 e. The van der Waals surface area contributed by atoms with Gasteiger partial charge in [0.25, 0.3) is 5.91 Å². The number of amides is 1. The molecule has 0 bridgehead atoms. The molecule has 2 saturated carbocycles. The van der Waals surface area contributed by atoms with Crippen LogP contribution in [0.3, 0.4) is 0 Å². The molecule has 2 aliphatic carbocycles. The first-order chi connectivity index (χ1) is 24.2. The van der Waals surface area contributed by atoms with Crippen LogP contribution in [0.15, 0.2) is 65.8 Å². The van der Waals surface area contributed by atoms with Crippen molar-refractivity contribution in [2.45, 2.75) is 99.5 Å². The van der Waals surface area contributed by atoms with E-state index >= 15 is 0 Å². The molecule has 3 aromatic rings. The molecule has 0 saturated heterocycles. The van der Waals surface area contributed by atoms with Gasteiger partial charge in [-0.3, -0.25) is 9.78 Å². The van der Waals surface area contributed by atoms with E-state index in [1.54, 1.807) is 11.8 Å². The van der Waals surface area contributed by atoms with Crippen molar-refractivity contribution in [2.24, 2.45) is 0 Å². The summed E-state index contributed by atoms with van der Waals surface area (Å²) in [6.07, 6.45) is 2.02. The number of aliphatic hydroxyl groups excluding tert-OH is 6. The Kier molecular flexibility index (Phi) is 13.7. The fraction of sp³-hybridized carbons (Fsp3) is 0.526. The Morgan fingerprint density at radius 2 is 1.74 bits per heavy atom. The number of pyridine rings is 1. The van der Waals surface area contributed by atoms with E-state index in [1.807, 2.05) is 36.7 Å². The Morgan fingerprint density at radius 3 is 2.46 bits per heavy atom. The number of rotatable bonds is 21. The van der Waals surface area contributed by atoms with E-state index in [4.69, 9.17) is 14.6 Å². The first kappa shape index (κ1) is 38.2. The lowest BCUT2D eigenvalue weighted by atomic mass is 9.96. The van der Waals surface area contributed by atoms with E-state index in [0.717, 1.165) is 64.1 Å². The summed E-state index contributed by atoms with van der Waals surface area (Å²) < 4.78 is 13.0. The third-order valence-corrected chi connectivity index (χ3v) is 10.4. The number of carbonyl (C=O) groups excluding carboxylic acids is 1. The minimum atomic E-state index is -1.98. The van der Waals surface area contributed by atoms with Gasteiger partial charge in [0, 0.05) is 48.1 Å². The lowest BCUT2D eigenvalue weighted by Crippen LogP contribution is -2.53. The van der Waals surface area contributed by atoms with Crippen LogP contribution >= 0.6 is 11.8 Å². The van der Waals surface area contributed by atoms with Gasteiger partial charge >= 0.3 is 0 Å². The van der Waals surface area contributed by atoms with Crippen molar-refractivity contribution in [3.05, 3.63) is 77.6 Å². The summed E-state index contributed by atoms with van der Waals surface area (Å²) in [7, 11) is 0. The third-order valence-electron chi connectivity index (χ3n) is 9.33. The Bertz CT molecular complexity index is 1550. The van der Waals surface area contributed by atoms with E-state index in [1.165, 1.54) is 4.90 Å². The van der Waals surface area contributed by atoms with Crippen molar-refractivity contribution >= 4 is 17.7 Å². The second-order valence-electron chi connectivity index (χ2n) is 13.2. The van der Waals surface area contributed by atoms with Gasteiger partial charge in [0.1, 0.15) is 24.1 Å². The monoisotopic (exact) mass is 710 g/mol. The number of thioether (sulfide) groups is 1. The van der Waals surface area contributed by atoms with E-state index in [9.17, 15) is 30.3 Å². The average molecular weight is 711 g/mol. The van der Waals surface area contributed by atoms with Crippen molar-refractivity contribution in [2.75, 3.05) is 32.1 Å². The standard InChI is InChI=1S/C38H50N2O9S/c1-25-9-12-28(50-20-6-18-40(17-4-5-19-41)37(47)36(46)35(45)34(44)32(43)23-42)21-26(25)24-48-38(14-15-38)31-22-39-16-13-29(31)30-7-2-3-8-33(30)49-27-10-11-27/h2-3,7-9,12-13,16,21-22,27,32,34-36,41-46H,4-6,10-11,14-15,17-20,23-24H2,1H3/t32-,34+,35-,36-/m0/s1. The molecule has 272 valence electrons. The third kappa shape index (κ3) is 9.83. The van der Waals surface area contributed by atoms with E-state index in [-0.39, 0.29) is 19.7 Å². The minimum absolute atomic E-state index is 0.0439. The van der Waals surface area contributed by atoms with Gasteiger partial charge in [0.15, 0.2) is 6.10 Å². The number of aryl methyl sites for hydroxylation is 1. The Hall–Kier alpha value is -3.07. The number of nitrogens with zero attached hydrogens (tertiary/aromatic N) is 2. The molecule has 4 atom stereocenters. The van der Waals surface area contributed by atoms with E-state index in [0.29, 0.717) is 37.7 Å². The minimum Gasteiger partial charge on any atom is -0.490 e. The summed E-state index contributed by atoms with van der Waals surface area (Å²) >= 11 is 1.64. The van der Waals surface area contributed by atoms with Crippen LogP contribution in [-0.2, 0) is 21.7 Å². The highest BCUT2D eigenvalue weighted by molar-refractivity contribution is 7.99. The van der Waals surface area contributed by atoms with Gasteiger partial charge in [-0.1, -0.05) is 24.3 Å². The number of ether oxygens (including phenoxy) is 2. The summed E-state index contributed by atoms with van der Waals surface area (Å²) in [5.74, 6) is 0.772. The van der Waals surface area contributed by atoms with Crippen LogP contribution in [0.4, 0.5) is 0 Å². The number of benzene rings is 2. The van der Waals surface area contributed by atoms with Gasteiger partial charge in [-0.05, 0) is 98.6 Å². The fourth-order valence-corrected chi connectivity index (χ4v) is 6.81. The molecule has 1 amide bonds. The normalized spacial score (nSPS) is 17.5. The highest BCUT2D eigenvalue weighted by atomic mass is 32.2. The van der Waals surface area contributed by atoms with Gasteiger partial charge in [-0.2, -0.15) is 0 Å². The maximum atomic E-state index is 13.0. The Labute approximate surface area is 297 Å². The maximum absolute atomic E-state index is 13.0. The molecule has 2 aliphatic rings. The number of aliphatic hydroxyl groups is 6. The zero-order valence-electron chi connectivity index (χ0n) is 28.6. The fourth-order valence-electron chi connectivity index (χ4n) is 5.91. The molecule has 0 unspecified atom stereocenters. The van der Waals surface area contributed by atoms with Gasteiger partial charge in [0.05, 0.1) is 24.9 Å². The molecular weight excluding hydrogens is 660 g/mol. The quantitative estimate of drug-likeness (QED) is 0.0708. The van der Waals surface area contributed by atoms with Crippen LogP contribution in [0.25, 0.3) is 11.1 Å². The summed E-state index contributed by atoms with van der Waals surface area (Å²) in [5, 5.41) is 58.6. The predicted molar refractivity (Wildman–Crippen MR) is 190 cm³/mol. The van der Waals surface area contributed by atoms with E-state index in [2.05, 4.69) is 36.2 Å². The Morgan fingerprint density at radius 1 is 0.980 bits per heavy atom. The zero-order valence-corrected chi connectivity index (χ0v) is 29.4. The number of unbranched alkanes of at least 4 members (excludes halogenated alkanes) is 1. The summed E-state index contributed by atoms with van der Waals surface area (Å²) in [5.41, 5.74) is 5.01. The Balaban J connectivity index is 1.19. The second kappa shape index (κ2) is 17.9. The molecule has 2 aromatic carbocycles. The van der Waals surface area contributed by atoms with Crippen LogP contribution in [0, 0.1) is 6.92 Å². The van der Waals surface area contributed by atoms with Crippen LogP contribution in [0.5, 0.6) is 5.75 Å². The average Bonchev–Trinajstić information content (AvgIpc) is 4.09. The molecule has 1 heterocycles. The summed E-state index contributed by atoms with van der Waals surface area (Å²) in [6.45, 7) is 2.17. The van der Waals surface area contributed by atoms with Crippen LogP contribution in [-0.4, -0.2) is 109 Å². The van der Waals surface area contributed by atoms with Gasteiger partial charge < -0.3 is 45.0 Å². The van der Waals surface area contributed by atoms with Gasteiger partial charge in [-0.25, -0.2) is 0 Å². The number of aromatic nitrogens is 1. The first-order valence-corrected chi connectivity index (χ1v) is 18.5. The SMILES string of the molecule is Cc1ccc(SCCCN(CCCCO)C(=O)[C@@H](O)[C@@H](O)[C@H](O)[C@@H](O)CO)cc1COC1(c2cnccc2-c2ccccc2OC2CC2)CC1. The topological polar surface area (TPSA) is 173 Å². The molecule has 12 heteroatoms. The molecule has 6 N–H and O–H groups in total. The first-order valence-electron chi connectivity index (χ1n) is 17.5. The van der Waals surface area contributed by atoms with Crippen molar-refractivity contribution in [3.63, 3.8) is 0 Å². The van der Waals surface area contributed by atoms with Crippen molar-refractivity contribution < 1.29 is 44.9 Å². The van der Waals surface area contributed by atoms with E-state index < -0.39 is 42.5 Å². The van der Waals surface area contributed by atoms with Crippen LogP contribution < -0.4 is 4.74 Å². The van der Waals surface area contributed by atoms with Crippen molar-refractivity contribution in [1.29, 1.82) is 0 Å². The molecule has 50 heavy (non-hydrogen) atoms. The lowest BCUT2D eigenvalue weighted by Gasteiger charge is -2.30. The predicted octanol–water partition coefficient (Wildman–Crippen LogP) is 3.32. The molecule has 0 radical (unpaired) electrons. The van der Waals surface area contributed by atoms with Crippen LogP contribution in [0.1, 0.15) is 61.6 Å².